The van der Waals surface area contributed by atoms with E-state index in [1.165, 1.54) is 0 Å². The lowest BCUT2D eigenvalue weighted by Gasteiger charge is -2.02. The fourth-order valence-electron chi connectivity index (χ4n) is 0.610. The van der Waals surface area contributed by atoms with Gasteiger partial charge in [-0.3, -0.25) is 0 Å². The Morgan fingerprint density at radius 1 is 1.08 bits per heavy atom. The van der Waals surface area contributed by atoms with Crippen LogP contribution in [0.25, 0.3) is 0 Å². The molecule has 3 nitrogen and oxygen atoms in total. The average molecular weight is 286 g/mol. The lowest BCUT2D eigenvalue weighted by molar-refractivity contribution is -0.108. The summed E-state index contributed by atoms with van der Waals surface area (Å²) in [4.78, 5) is 9.87. The van der Waals surface area contributed by atoms with Gasteiger partial charge in [-0.15, -0.1) is 0 Å². The fourth-order valence-corrected chi connectivity index (χ4v) is 0.921. The van der Waals surface area contributed by atoms with Crippen LogP contribution >= 0.6 is 22.6 Å². The number of ether oxygens (including phenoxy) is 2. The van der Waals surface area contributed by atoms with Crippen LogP contribution in [-0.4, -0.2) is 37.1 Å². The summed E-state index contributed by atoms with van der Waals surface area (Å²) in [6, 6.07) is 0. The van der Waals surface area contributed by atoms with Gasteiger partial charge in [-0.1, -0.05) is 22.6 Å². The Kier molecular flexibility index (Phi) is 11.6. The highest BCUT2D eigenvalue weighted by Gasteiger charge is 1.89. The first kappa shape index (κ1) is 12.3. The molecule has 0 atom stereocenters. The highest BCUT2D eigenvalue weighted by Crippen LogP contribution is 1.89. The molecule has 0 amide bonds. The number of alkyl halides is 1. The standard InChI is InChI=1S/C8H15IO3/c9-3-1-5-11-7-8-12-6-2-4-10/h4H,1-3,5-8H2. The molecule has 0 saturated carbocycles. The van der Waals surface area contributed by atoms with Gasteiger partial charge < -0.3 is 14.3 Å². The Morgan fingerprint density at radius 2 is 1.75 bits per heavy atom. The molecule has 0 aromatic carbocycles. The second-order valence-corrected chi connectivity index (χ2v) is 3.30. The van der Waals surface area contributed by atoms with Crippen molar-refractivity contribution in [2.24, 2.45) is 0 Å². The number of aldehydes is 1. The molecule has 0 radical (unpaired) electrons. The van der Waals surface area contributed by atoms with E-state index in [2.05, 4.69) is 22.6 Å². The van der Waals surface area contributed by atoms with E-state index >= 15 is 0 Å². The topological polar surface area (TPSA) is 35.5 Å². The van der Waals surface area contributed by atoms with Crippen molar-refractivity contribution < 1.29 is 14.3 Å². The van der Waals surface area contributed by atoms with Crippen LogP contribution in [-0.2, 0) is 14.3 Å². The van der Waals surface area contributed by atoms with E-state index < -0.39 is 0 Å². The molecule has 0 rings (SSSR count). The minimum atomic E-state index is 0.480. The number of rotatable bonds is 9. The first-order valence-electron chi connectivity index (χ1n) is 4.07. The van der Waals surface area contributed by atoms with Gasteiger partial charge in [0.2, 0.25) is 0 Å². The molecule has 0 heterocycles. The summed E-state index contributed by atoms with van der Waals surface area (Å²) in [6.07, 6.45) is 2.43. The number of carbonyl (C=O) groups excluding carboxylic acids is 1. The maximum atomic E-state index is 9.87. The third kappa shape index (κ3) is 10.3. The van der Waals surface area contributed by atoms with Gasteiger partial charge in [-0.05, 0) is 6.42 Å². The minimum Gasteiger partial charge on any atom is -0.379 e. The Hall–Kier alpha value is 0.320. The third-order valence-corrected chi connectivity index (χ3v) is 1.94. The van der Waals surface area contributed by atoms with Crippen molar-refractivity contribution in [2.75, 3.05) is 30.9 Å². The van der Waals surface area contributed by atoms with Crippen molar-refractivity contribution in [2.45, 2.75) is 12.8 Å². The lowest BCUT2D eigenvalue weighted by atomic mass is 10.5. The highest BCUT2D eigenvalue weighted by atomic mass is 127. The van der Waals surface area contributed by atoms with Crippen LogP contribution < -0.4 is 0 Å². The number of hydrogen-bond donors (Lipinski definition) is 0. The van der Waals surface area contributed by atoms with Gasteiger partial charge in [0.05, 0.1) is 19.8 Å². The van der Waals surface area contributed by atoms with Crippen LogP contribution in [0.3, 0.4) is 0 Å². The van der Waals surface area contributed by atoms with Gasteiger partial charge in [0, 0.05) is 17.5 Å². The average Bonchev–Trinajstić information content (AvgIpc) is 2.10. The molecule has 0 aliphatic rings. The SMILES string of the molecule is O=CCCOCCOCCCI. The molecule has 0 fully saturated rings. The predicted molar refractivity (Wildman–Crippen MR) is 55.8 cm³/mol. The summed E-state index contributed by atoms with van der Waals surface area (Å²) in [5.74, 6) is 0. The Bertz CT molecular complexity index is 98.3. The highest BCUT2D eigenvalue weighted by molar-refractivity contribution is 14.1. The maximum Gasteiger partial charge on any atom is 0.122 e. The van der Waals surface area contributed by atoms with E-state index in [-0.39, 0.29) is 0 Å². The van der Waals surface area contributed by atoms with E-state index in [4.69, 9.17) is 9.47 Å². The molecule has 0 spiro atoms. The van der Waals surface area contributed by atoms with Crippen LogP contribution in [0.5, 0.6) is 0 Å². The minimum absolute atomic E-state index is 0.480. The predicted octanol–water partition coefficient (Wildman–Crippen LogP) is 1.43. The monoisotopic (exact) mass is 286 g/mol. The van der Waals surface area contributed by atoms with Crippen LogP contribution in [0.15, 0.2) is 0 Å². The zero-order chi connectivity index (χ0) is 9.07. The largest absolute Gasteiger partial charge is 0.379 e. The summed E-state index contributed by atoms with van der Waals surface area (Å²) in [5, 5.41) is 0. The Labute approximate surface area is 86.9 Å². The van der Waals surface area contributed by atoms with E-state index in [0.29, 0.717) is 26.2 Å². The van der Waals surface area contributed by atoms with Crippen molar-refractivity contribution in [3.8, 4) is 0 Å². The van der Waals surface area contributed by atoms with E-state index in [1.54, 1.807) is 0 Å². The zero-order valence-electron chi connectivity index (χ0n) is 7.13. The van der Waals surface area contributed by atoms with Gasteiger partial charge in [0.15, 0.2) is 0 Å². The Morgan fingerprint density at radius 3 is 2.33 bits per heavy atom. The molecule has 0 saturated heterocycles. The molecule has 0 unspecified atom stereocenters. The van der Waals surface area contributed by atoms with Gasteiger partial charge in [0.1, 0.15) is 6.29 Å². The molecule has 0 aromatic rings. The van der Waals surface area contributed by atoms with Gasteiger partial charge >= 0.3 is 0 Å². The smallest absolute Gasteiger partial charge is 0.122 e. The summed E-state index contributed by atoms with van der Waals surface area (Å²) in [6.45, 7) is 2.55. The molecule has 0 aliphatic carbocycles. The molecule has 0 N–H and O–H groups in total. The molecule has 0 aromatic heterocycles. The van der Waals surface area contributed by atoms with Crippen LogP contribution in [0.2, 0.25) is 0 Å². The van der Waals surface area contributed by atoms with Crippen LogP contribution in [0.1, 0.15) is 12.8 Å². The van der Waals surface area contributed by atoms with E-state index in [1.807, 2.05) is 0 Å². The first-order valence-corrected chi connectivity index (χ1v) is 5.59. The van der Waals surface area contributed by atoms with Crippen molar-refractivity contribution in [3.63, 3.8) is 0 Å². The van der Waals surface area contributed by atoms with E-state index in [0.717, 1.165) is 23.7 Å². The van der Waals surface area contributed by atoms with Crippen LogP contribution in [0, 0.1) is 0 Å². The van der Waals surface area contributed by atoms with Crippen molar-refractivity contribution in [1.29, 1.82) is 0 Å². The normalized spacial score (nSPS) is 10.1. The Balaban J connectivity index is 2.77. The lowest BCUT2D eigenvalue weighted by Crippen LogP contribution is -2.06. The number of carbonyl (C=O) groups is 1. The molecular weight excluding hydrogens is 271 g/mol. The third-order valence-electron chi connectivity index (χ3n) is 1.17. The second-order valence-electron chi connectivity index (χ2n) is 2.22. The van der Waals surface area contributed by atoms with Crippen molar-refractivity contribution in [3.05, 3.63) is 0 Å². The van der Waals surface area contributed by atoms with Crippen LogP contribution in [0.4, 0.5) is 0 Å². The first-order chi connectivity index (χ1) is 5.91. The molecule has 0 bridgehead atoms. The summed E-state index contributed by atoms with van der Waals surface area (Å²) in [7, 11) is 0. The summed E-state index contributed by atoms with van der Waals surface area (Å²) in [5.41, 5.74) is 0. The molecule has 72 valence electrons. The van der Waals surface area contributed by atoms with Gasteiger partial charge in [-0.2, -0.15) is 0 Å². The van der Waals surface area contributed by atoms with Crippen molar-refractivity contribution >= 4 is 28.9 Å². The molecule has 0 aliphatic heterocycles. The fraction of sp³-hybridized carbons (Fsp3) is 0.875. The number of hydrogen-bond acceptors (Lipinski definition) is 3. The zero-order valence-corrected chi connectivity index (χ0v) is 9.29. The second kappa shape index (κ2) is 11.3. The summed E-state index contributed by atoms with van der Waals surface area (Å²) >= 11 is 2.32. The maximum absolute atomic E-state index is 9.87. The van der Waals surface area contributed by atoms with E-state index in [9.17, 15) is 4.79 Å². The van der Waals surface area contributed by atoms with Gasteiger partial charge in [-0.25, -0.2) is 0 Å². The van der Waals surface area contributed by atoms with Crippen molar-refractivity contribution in [1.82, 2.24) is 0 Å². The quantitative estimate of drug-likeness (QED) is 0.278. The number of halogens is 1. The van der Waals surface area contributed by atoms with Gasteiger partial charge in [0.25, 0.3) is 0 Å². The summed E-state index contributed by atoms with van der Waals surface area (Å²) < 4.78 is 11.5. The molecule has 4 heteroatoms. The molecular formula is C8H15IO3. The molecule has 12 heavy (non-hydrogen) atoms.